The Morgan fingerprint density at radius 3 is 2.65 bits per heavy atom. The molecule has 0 aliphatic heterocycles. The first-order valence-corrected chi connectivity index (χ1v) is 6.10. The molecule has 0 fully saturated rings. The Morgan fingerprint density at radius 2 is 1.94 bits per heavy atom. The van der Waals surface area contributed by atoms with Crippen LogP contribution >= 0.6 is 15.9 Å². The fourth-order valence-corrected chi connectivity index (χ4v) is 2.15. The maximum Gasteiger partial charge on any atom is 0.234 e. The van der Waals surface area contributed by atoms with Crippen molar-refractivity contribution in [3.8, 4) is 11.3 Å². The number of nitrogens with zero attached hydrogens (tertiary/aromatic N) is 3. The Morgan fingerprint density at radius 1 is 1.18 bits per heavy atom. The number of imidazole rings is 1. The van der Waals surface area contributed by atoms with Gasteiger partial charge in [0, 0.05) is 28.1 Å². The predicted octanol–water partition coefficient (Wildman–Crippen LogP) is 3.47. The molecule has 0 radical (unpaired) electrons. The normalized spacial score (nSPS) is 10.9. The molecule has 3 aromatic rings. The average molecular weight is 288 g/mol. The van der Waals surface area contributed by atoms with Crippen LogP contribution in [0.4, 0.5) is 0 Å². The van der Waals surface area contributed by atoms with E-state index in [0.717, 1.165) is 27.2 Å². The molecule has 0 atom stereocenters. The van der Waals surface area contributed by atoms with Gasteiger partial charge in [0.25, 0.3) is 0 Å². The van der Waals surface area contributed by atoms with E-state index in [0.29, 0.717) is 0 Å². The van der Waals surface area contributed by atoms with E-state index in [1.54, 1.807) is 6.20 Å². The lowest BCUT2D eigenvalue weighted by Crippen LogP contribution is -1.88. The van der Waals surface area contributed by atoms with Crippen LogP contribution in [-0.2, 0) is 0 Å². The number of aryl methyl sites for hydroxylation is 1. The molecule has 84 valence electrons. The number of rotatable bonds is 1. The first-order chi connectivity index (χ1) is 8.25. The lowest BCUT2D eigenvalue weighted by molar-refractivity contribution is 1.06. The number of halogens is 1. The van der Waals surface area contributed by atoms with Crippen molar-refractivity contribution < 1.29 is 0 Å². The molecule has 0 saturated heterocycles. The molecule has 1 aromatic carbocycles. The van der Waals surface area contributed by atoms with Crippen LogP contribution in [0.1, 0.15) is 5.69 Å². The van der Waals surface area contributed by atoms with E-state index >= 15 is 0 Å². The van der Waals surface area contributed by atoms with Crippen molar-refractivity contribution in [3.63, 3.8) is 0 Å². The molecule has 2 aromatic heterocycles. The zero-order valence-electron chi connectivity index (χ0n) is 9.26. The van der Waals surface area contributed by atoms with Gasteiger partial charge in [-0.2, -0.15) is 0 Å². The minimum absolute atomic E-state index is 0.739. The van der Waals surface area contributed by atoms with Crippen LogP contribution in [0.3, 0.4) is 0 Å². The van der Waals surface area contributed by atoms with Crippen LogP contribution in [0, 0.1) is 6.92 Å². The highest BCUT2D eigenvalue weighted by molar-refractivity contribution is 9.10. The van der Waals surface area contributed by atoms with E-state index in [9.17, 15) is 0 Å². The van der Waals surface area contributed by atoms with Gasteiger partial charge in [-0.25, -0.2) is 9.97 Å². The monoisotopic (exact) mass is 287 g/mol. The van der Waals surface area contributed by atoms with Crippen molar-refractivity contribution in [3.05, 3.63) is 52.9 Å². The summed E-state index contributed by atoms with van der Waals surface area (Å²) in [5.74, 6) is 0.739. The standard InChI is InChI=1S/C13H10BrN3/c1-9-12(10-3-5-11(14)6-4-10)16-13-15-7-2-8-17(9)13/h2-8H,1H3. The van der Waals surface area contributed by atoms with E-state index in [1.807, 2.05) is 28.8 Å². The van der Waals surface area contributed by atoms with Crippen LogP contribution in [0.25, 0.3) is 17.0 Å². The lowest BCUT2D eigenvalue weighted by atomic mass is 10.1. The molecule has 3 rings (SSSR count). The van der Waals surface area contributed by atoms with Gasteiger partial charge in [-0.15, -0.1) is 0 Å². The number of hydrogen-bond donors (Lipinski definition) is 0. The molecule has 0 saturated carbocycles. The maximum atomic E-state index is 4.55. The Hall–Kier alpha value is -1.68. The summed E-state index contributed by atoms with van der Waals surface area (Å²) in [7, 11) is 0. The largest absolute Gasteiger partial charge is 0.288 e. The Bertz CT molecular complexity index is 671. The SMILES string of the molecule is Cc1c(-c2ccc(Br)cc2)nc2ncccn12. The van der Waals surface area contributed by atoms with E-state index < -0.39 is 0 Å². The van der Waals surface area contributed by atoms with Crippen LogP contribution < -0.4 is 0 Å². The van der Waals surface area contributed by atoms with E-state index in [4.69, 9.17) is 0 Å². The molecule has 0 aliphatic rings. The summed E-state index contributed by atoms with van der Waals surface area (Å²) in [5.41, 5.74) is 3.20. The summed E-state index contributed by atoms with van der Waals surface area (Å²) in [4.78, 5) is 8.80. The molecule has 3 nitrogen and oxygen atoms in total. The maximum absolute atomic E-state index is 4.55. The third-order valence-corrected chi connectivity index (χ3v) is 3.29. The fourth-order valence-electron chi connectivity index (χ4n) is 1.88. The molecule has 0 amide bonds. The van der Waals surface area contributed by atoms with Crippen LogP contribution in [0.5, 0.6) is 0 Å². The third-order valence-electron chi connectivity index (χ3n) is 2.76. The van der Waals surface area contributed by atoms with E-state index in [-0.39, 0.29) is 0 Å². The second-order valence-corrected chi connectivity index (χ2v) is 4.76. The molecule has 2 heterocycles. The first-order valence-electron chi connectivity index (χ1n) is 5.31. The van der Waals surface area contributed by atoms with Crippen molar-refractivity contribution in [2.75, 3.05) is 0 Å². The van der Waals surface area contributed by atoms with E-state index in [1.165, 1.54) is 0 Å². The topological polar surface area (TPSA) is 30.2 Å². The highest BCUT2D eigenvalue weighted by atomic mass is 79.9. The van der Waals surface area contributed by atoms with Crippen LogP contribution in [-0.4, -0.2) is 14.4 Å². The third kappa shape index (κ3) is 1.74. The molecule has 0 spiro atoms. The number of aromatic nitrogens is 3. The minimum atomic E-state index is 0.739. The Balaban J connectivity index is 2.24. The van der Waals surface area contributed by atoms with Crippen LogP contribution in [0.15, 0.2) is 47.2 Å². The van der Waals surface area contributed by atoms with Crippen molar-refractivity contribution in [1.29, 1.82) is 0 Å². The van der Waals surface area contributed by atoms with E-state index in [2.05, 4.69) is 45.0 Å². The van der Waals surface area contributed by atoms with Crippen molar-refractivity contribution in [2.45, 2.75) is 6.92 Å². The van der Waals surface area contributed by atoms with Gasteiger partial charge in [-0.1, -0.05) is 28.1 Å². The van der Waals surface area contributed by atoms with Gasteiger partial charge in [0.1, 0.15) is 0 Å². The zero-order chi connectivity index (χ0) is 11.8. The van der Waals surface area contributed by atoms with Gasteiger partial charge in [-0.05, 0) is 25.1 Å². The second kappa shape index (κ2) is 3.96. The first kappa shape index (κ1) is 10.5. The number of hydrogen-bond acceptors (Lipinski definition) is 2. The van der Waals surface area contributed by atoms with Gasteiger partial charge in [-0.3, -0.25) is 4.40 Å². The summed E-state index contributed by atoms with van der Waals surface area (Å²) in [6.45, 7) is 2.05. The number of benzene rings is 1. The molecule has 0 unspecified atom stereocenters. The molecule has 0 N–H and O–H groups in total. The highest BCUT2D eigenvalue weighted by Gasteiger charge is 2.10. The van der Waals surface area contributed by atoms with Crippen LogP contribution in [0.2, 0.25) is 0 Å². The summed E-state index contributed by atoms with van der Waals surface area (Å²) in [6.07, 6.45) is 3.74. The summed E-state index contributed by atoms with van der Waals surface area (Å²) < 4.78 is 3.07. The molecular formula is C13H10BrN3. The van der Waals surface area contributed by atoms with Gasteiger partial charge in [0.2, 0.25) is 5.78 Å². The Labute approximate surface area is 107 Å². The minimum Gasteiger partial charge on any atom is -0.288 e. The van der Waals surface area contributed by atoms with Crippen molar-refractivity contribution >= 4 is 21.7 Å². The fraction of sp³-hybridized carbons (Fsp3) is 0.0769. The molecule has 4 heteroatoms. The molecule has 17 heavy (non-hydrogen) atoms. The highest BCUT2D eigenvalue weighted by Crippen LogP contribution is 2.24. The number of fused-ring (bicyclic) bond motifs is 1. The summed E-state index contributed by atoms with van der Waals surface area (Å²) in [6, 6.07) is 10.1. The second-order valence-electron chi connectivity index (χ2n) is 3.84. The van der Waals surface area contributed by atoms with Gasteiger partial charge < -0.3 is 0 Å². The molecular weight excluding hydrogens is 278 g/mol. The zero-order valence-corrected chi connectivity index (χ0v) is 10.8. The summed E-state index contributed by atoms with van der Waals surface area (Å²) in [5, 5.41) is 0. The molecule has 0 bridgehead atoms. The van der Waals surface area contributed by atoms with Gasteiger partial charge >= 0.3 is 0 Å². The quantitative estimate of drug-likeness (QED) is 0.686. The summed E-state index contributed by atoms with van der Waals surface area (Å²) >= 11 is 3.43. The average Bonchev–Trinajstić information content (AvgIpc) is 2.69. The smallest absolute Gasteiger partial charge is 0.234 e. The van der Waals surface area contributed by atoms with Gasteiger partial charge in [0.05, 0.1) is 5.69 Å². The lowest BCUT2D eigenvalue weighted by Gasteiger charge is -1.99. The Kier molecular flexibility index (Phi) is 2.44. The predicted molar refractivity (Wildman–Crippen MR) is 70.9 cm³/mol. The molecule has 0 aliphatic carbocycles. The van der Waals surface area contributed by atoms with Gasteiger partial charge in [0.15, 0.2) is 0 Å². The van der Waals surface area contributed by atoms with Crippen molar-refractivity contribution in [1.82, 2.24) is 14.4 Å². The van der Waals surface area contributed by atoms with Crippen molar-refractivity contribution in [2.24, 2.45) is 0 Å².